The Morgan fingerprint density at radius 3 is 2.69 bits per heavy atom. The molecule has 26 heavy (non-hydrogen) atoms. The first kappa shape index (κ1) is 19.1. The monoisotopic (exact) mass is 372 g/mol. The van der Waals surface area contributed by atoms with Crippen LogP contribution in [0.5, 0.6) is 0 Å². The Bertz CT molecular complexity index is 691. The van der Waals surface area contributed by atoms with E-state index >= 15 is 0 Å². The van der Waals surface area contributed by atoms with Crippen molar-refractivity contribution in [2.75, 3.05) is 19.7 Å². The summed E-state index contributed by atoms with van der Waals surface area (Å²) in [5.74, 6) is 0.744. The quantitative estimate of drug-likeness (QED) is 0.739. The van der Waals surface area contributed by atoms with E-state index in [0.29, 0.717) is 18.4 Å². The lowest BCUT2D eigenvalue weighted by atomic mass is 10.1. The Balaban J connectivity index is 1.45. The normalized spacial score (nSPS) is 15.6. The van der Waals surface area contributed by atoms with Gasteiger partial charge in [-0.3, -0.25) is 4.79 Å². The molecule has 0 radical (unpaired) electrons. The Labute approximate surface area is 160 Å². The van der Waals surface area contributed by atoms with Crippen LogP contribution < -0.4 is 0 Å². The number of nitrogens with zero attached hydrogens (tertiary/aromatic N) is 2. The van der Waals surface area contributed by atoms with Crippen molar-refractivity contribution in [3.8, 4) is 0 Å². The molecule has 0 bridgehead atoms. The number of hydrogen-bond acceptors (Lipinski definition) is 4. The average Bonchev–Trinajstić information content (AvgIpc) is 3.08. The fourth-order valence-corrected chi connectivity index (χ4v) is 3.98. The first-order chi connectivity index (χ1) is 12.6. The molecule has 2 heterocycles. The van der Waals surface area contributed by atoms with Gasteiger partial charge in [-0.15, -0.1) is 11.3 Å². The molecule has 1 aromatic carbocycles. The summed E-state index contributed by atoms with van der Waals surface area (Å²) in [7, 11) is 0. The van der Waals surface area contributed by atoms with Crippen LogP contribution >= 0.6 is 11.3 Å². The smallest absolute Gasteiger partial charge is 0.228 e. The van der Waals surface area contributed by atoms with Crippen LogP contribution in [0, 0.1) is 5.92 Å². The Hall–Kier alpha value is -1.72. The van der Waals surface area contributed by atoms with Gasteiger partial charge in [-0.1, -0.05) is 44.2 Å². The summed E-state index contributed by atoms with van der Waals surface area (Å²) < 4.78 is 5.90. The van der Waals surface area contributed by atoms with Gasteiger partial charge in [0.25, 0.3) is 0 Å². The molecule has 0 N–H and O–H groups in total. The summed E-state index contributed by atoms with van der Waals surface area (Å²) in [4.78, 5) is 19.2. The van der Waals surface area contributed by atoms with Gasteiger partial charge in [0.2, 0.25) is 5.91 Å². The fourth-order valence-electron chi connectivity index (χ4n) is 3.15. The van der Waals surface area contributed by atoms with Crippen molar-refractivity contribution in [1.29, 1.82) is 0 Å². The van der Waals surface area contributed by atoms with E-state index in [9.17, 15) is 4.79 Å². The number of hydrogen-bond donors (Lipinski definition) is 0. The zero-order valence-electron chi connectivity index (χ0n) is 15.7. The largest absolute Gasteiger partial charge is 0.378 e. The zero-order chi connectivity index (χ0) is 18.4. The second-order valence-corrected chi connectivity index (χ2v) is 8.32. The number of ether oxygens (including phenoxy) is 1. The minimum atomic E-state index is 0.184. The molecule has 4 nitrogen and oxygen atoms in total. The van der Waals surface area contributed by atoms with Gasteiger partial charge in [0.15, 0.2) is 0 Å². The molecule has 0 saturated carbocycles. The predicted molar refractivity (Wildman–Crippen MR) is 105 cm³/mol. The number of piperidine rings is 1. The van der Waals surface area contributed by atoms with Crippen LogP contribution in [0.25, 0.3) is 0 Å². The van der Waals surface area contributed by atoms with Crippen LogP contribution in [-0.2, 0) is 22.4 Å². The molecule has 1 fully saturated rings. The van der Waals surface area contributed by atoms with Crippen molar-refractivity contribution in [3.63, 3.8) is 0 Å². The first-order valence-corrected chi connectivity index (χ1v) is 10.3. The second kappa shape index (κ2) is 9.28. The summed E-state index contributed by atoms with van der Waals surface area (Å²) in [6.45, 7) is 6.73. The summed E-state index contributed by atoms with van der Waals surface area (Å²) in [5.41, 5.74) is 2.15. The van der Waals surface area contributed by atoms with Crippen LogP contribution in [0.2, 0.25) is 0 Å². The molecular weight excluding hydrogens is 344 g/mol. The maximum absolute atomic E-state index is 12.6. The molecule has 5 heteroatoms. The summed E-state index contributed by atoms with van der Waals surface area (Å²) >= 11 is 1.64. The second-order valence-electron chi connectivity index (χ2n) is 7.38. The molecule has 3 rings (SSSR count). The van der Waals surface area contributed by atoms with Gasteiger partial charge in [-0.25, -0.2) is 4.98 Å². The third-order valence-electron chi connectivity index (χ3n) is 4.59. The molecule has 0 atom stereocenters. The van der Waals surface area contributed by atoms with Gasteiger partial charge in [0.05, 0.1) is 23.2 Å². The third-order valence-corrected chi connectivity index (χ3v) is 5.49. The maximum Gasteiger partial charge on any atom is 0.228 e. The highest BCUT2D eigenvalue weighted by Crippen LogP contribution is 2.18. The standard InChI is InChI=1S/C21H28N2O2S/c1-16(2)14-25-19-8-10-23(11-9-19)21(24)13-18-15-26-20(22-18)12-17-6-4-3-5-7-17/h3-7,15-16,19H,8-14H2,1-2H3. The van der Waals surface area contributed by atoms with E-state index in [-0.39, 0.29) is 5.91 Å². The molecule has 0 spiro atoms. The van der Waals surface area contributed by atoms with E-state index in [0.717, 1.165) is 49.7 Å². The molecule has 0 unspecified atom stereocenters. The number of thiazole rings is 1. The number of rotatable bonds is 7. The molecule has 140 valence electrons. The van der Waals surface area contributed by atoms with Gasteiger partial charge in [0.1, 0.15) is 0 Å². The van der Waals surface area contributed by atoms with Gasteiger partial charge < -0.3 is 9.64 Å². The van der Waals surface area contributed by atoms with Crippen LogP contribution in [0.4, 0.5) is 0 Å². The lowest BCUT2D eigenvalue weighted by Gasteiger charge is -2.32. The van der Waals surface area contributed by atoms with E-state index in [2.05, 4.69) is 31.0 Å². The zero-order valence-corrected chi connectivity index (χ0v) is 16.5. The lowest BCUT2D eigenvalue weighted by Crippen LogP contribution is -2.41. The molecule has 0 aliphatic carbocycles. The van der Waals surface area contributed by atoms with Crippen LogP contribution in [-0.4, -0.2) is 41.6 Å². The van der Waals surface area contributed by atoms with E-state index in [4.69, 9.17) is 4.74 Å². The summed E-state index contributed by atoms with van der Waals surface area (Å²) in [6.07, 6.45) is 3.42. The number of benzene rings is 1. The average molecular weight is 373 g/mol. The Kier molecular flexibility index (Phi) is 6.80. The van der Waals surface area contributed by atoms with Crippen molar-refractivity contribution in [2.24, 2.45) is 5.92 Å². The van der Waals surface area contributed by atoms with Crippen molar-refractivity contribution in [1.82, 2.24) is 9.88 Å². The van der Waals surface area contributed by atoms with Gasteiger partial charge in [-0.05, 0) is 24.3 Å². The minimum absolute atomic E-state index is 0.184. The highest BCUT2D eigenvalue weighted by molar-refractivity contribution is 7.09. The number of carbonyl (C=O) groups excluding carboxylic acids is 1. The van der Waals surface area contributed by atoms with Gasteiger partial charge in [-0.2, -0.15) is 0 Å². The lowest BCUT2D eigenvalue weighted by molar-refractivity contribution is -0.133. The number of carbonyl (C=O) groups is 1. The third kappa shape index (κ3) is 5.64. The van der Waals surface area contributed by atoms with E-state index in [1.165, 1.54) is 5.56 Å². The maximum atomic E-state index is 12.6. The van der Waals surface area contributed by atoms with Crippen molar-refractivity contribution in [2.45, 2.75) is 45.6 Å². The van der Waals surface area contributed by atoms with E-state index in [1.807, 2.05) is 28.5 Å². The number of amides is 1. The molecule has 1 aliphatic rings. The van der Waals surface area contributed by atoms with Crippen LogP contribution in [0.15, 0.2) is 35.7 Å². The highest BCUT2D eigenvalue weighted by Gasteiger charge is 2.24. The molecule has 2 aromatic rings. The van der Waals surface area contributed by atoms with Crippen molar-refractivity contribution < 1.29 is 9.53 Å². The molecule has 1 saturated heterocycles. The van der Waals surface area contributed by atoms with Crippen molar-refractivity contribution in [3.05, 3.63) is 52.0 Å². The number of aromatic nitrogens is 1. The highest BCUT2D eigenvalue weighted by atomic mass is 32.1. The van der Waals surface area contributed by atoms with Crippen LogP contribution in [0.1, 0.15) is 43.0 Å². The van der Waals surface area contributed by atoms with Gasteiger partial charge >= 0.3 is 0 Å². The minimum Gasteiger partial charge on any atom is -0.378 e. The van der Waals surface area contributed by atoms with Crippen molar-refractivity contribution >= 4 is 17.2 Å². The van der Waals surface area contributed by atoms with E-state index < -0.39 is 0 Å². The first-order valence-electron chi connectivity index (χ1n) is 9.46. The summed E-state index contributed by atoms with van der Waals surface area (Å²) in [5, 5.41) is 3.09. The van der Waals surface area contributed by atoms with Gasteiger partial charge in [0, 0.05) is 31.5 Å². The SMILES string of the molecule is CC(C)COC1CCN(C(=O)Cc2csc(Cc3ccccc3)n2)CC1. The topological polar surface area (TPSA) is 42.4 Å². The Morgan fingerprint density at radius 1 is 1.27 bits per heavy atom. The van der Waals surface area contributed by atoms with E-state index in [1.54, 1.807) is 11.3 Å². The molecule has 1 aliphatic heterocycles. The fraction of sp³-hybridized carbons (Fsp3) is 0.524. The molecule has 1 aromatic heterocycles. The molecular formula is C21H28N2O2S. The summed E-state index contributed by atoms with van der Waals surface area (Å²) in [6, 6.07) is 10.3. The predicted octanol–water partition coefficient (Wildman–Crippen LogP) is 3.94. The molecule has 1 amide bonds. The Morgan fingerprint density at radius 2 is 2.00 bits per heavy atom. The van der Waals surface area contributed by atoms with Crippen LogP contribution in [0.3, 0.4) is 0 Å². The number of likely N-dealkylation sites (tertiary alicyclic amines) is 1.